The van der Waals surface area contributed by atoms with Crippen LogP contribution in [0.3, 0.4) is 0 Å². The standard InChI is InChI=1S/C19H32N4O/c1-20-19(22(2)16-18-7-5-4-6-8-18)21-15-17-9-11-23(12-10-17)13-14-24-3/h4-8,17H,9-16H2,1-3H3,(H,20,21). The van der Waals surface area contributed by atoms with Crippen LogP contribution in [0.15, 0.2) is 35.3 Å². The molecule has 0 atom stereocenters. The van der Waals surface area contributed by atoms with E-state index in [2.05, 4.69) is 57.5 Å². The van der Waals surface area contributed by atoms with E-state index in [0.29, 0.717) is 0 Å². The molecule has 1 aromatic carbocycles. The third kappa shape index (κ3) is 6.13. The zero-order chi connectivity index (χ0) is 17.2. The number of nitrogens with zero attached hydrogens (tertiary/aromatic N) is 3. The largest absolute Gasteiger partial charge is 0.383 e. The van der Waals surface area contributed by atoms with Crippen molar-refractivity contribution in [1.82, 2.24) is 15.1 Å². The molecule has 0 aromatic heterocycles. The number of ether oxygens (including phenoxy) is 1. The van der Waals surface area contributed by atoms with Gasteiger partial charge in [-0.3, -0.25) is 4.99 Å². The highest BCUT2D eigenvalue weighted by atomic mass is 16.5. The van der Waals surface area contributed by atoms with E-state index in [4.69, 9.17) is 4.74 Å². The van der Waals surface area contributed by atoms with E-state index in [0.717, 1.165) is 38.1 Å². The molecule has 1 fully saturated rings. The lowest BCUT2D eigenvalue weighted by Crippen LogP contribution is -2.43. The van der Waals surface area contributed by atoms with Crippen LogP contribution in [0.5, 0.6) is 0 Å². The Kier molecular flexibility index (Phi) is 8.05. The molecule has 0 amide bonds. The zero-order valence-corrected chi connectivity index (χ0v) is 15.4. The van der Waals surface area contributed by atoms with Gasteiger partial charge in [0.05, 0.1) is 6.61 Å². The molecule has 1 aliphatic heterocycles. The molecule has 1 aliphatic rings. The molecule has 0 unspecified atom stereocenters. The van der Waals surface area contributed by atoms with Gasteiger partial charge in [-0.25, -0.2) is 0 Å². The molecule has 134 valence electrons. The molecule has 0 bridgehead atoms. The second-order valence-electron chi connectivity index (χ2n) is 6.55. The molecular formula is C19H32N4O. The second-order valence-corrected chi connectivity index (χ2v) is 6.55. The van der Waals surface area contributed by atoms with Gasteiger partial charge in [-0.2, -0.15) is 0 Å². The smallest absolute Gasteiger partial charge is 0.193 e. The van der Waals surface area contributed by atoms with E-state index < -0.39 is 0 Å². The van der Waals surface area contributed by atoms with Crippen LogP contribution in [0.25, 0.3) is 0 Å². The second kappa shape index (κ2) is 10.3. The molecule has 0 spiro atoms. The zero-order valence-electron chi connectivity index (χ0n) is 15.4. The Morgan fingerprint density at radius 3 is 2.62 bits per heavy atom. The quantitative estimate of drug-likeness (QED) is 0.613. The van der Waals surface area contributed by atoms with Crippen LogP contribution >= 0.6 is 0 Å². The third-order valence-electron chi connectivity index (χ3n) is 4.70. The number of hydrogen-bond acceptors (Lipinski definition) is 3. The summed E-state index contributed by atoms with van der Waals surface area (Å²) >= 11 is 0. The summed E-state index contributed by atoms with van der Waals surface area (Å²) in [6.45, 7) is 6.11. The summed E-state index contributed by atoms with van der Waals surface area (Å²) in [6.07, 6.45) is 2.49. The molecule has 1 N–H and O–H groups in total. The number of aliphatic imine (C=N–C) groups is 1. The summed E-state index contributed by atoms with van der Waals surface area (Å²) in [4.78, 5) is 9.11. The average Bonchev–Trinajstić information content (AvgIpc) is 2.62. The first kappa shape index (κ1) is 18.7. The van der Waals surface area contributed by atoms with Gasteiger partial charge in [0.2, 0.25) is 0 Å². The highest BCUT2D eigenvalue weighted by Gasteiger charge is 2.19. The number of methoxy groups -OCH3 is 1. The van der Waals surface area contributed by atoms with E-state index >= 15 is 0 Å². The minimum Gasteiger partial charge on any atom is -0.383 e. The Bertz CT molecular complexity index is 483. The van der Waals surface area contributed by atoms with Gasteiger partial charge in [0.15, 0.2) is 5.96 Å². The SMILES string of the molecule is CN=C(NCC1CCN(CCOC)CC1)N(C)Cc1ccccc1. The molecule has 1 saturated heterocycles. The van der Waals surface area contributed by atoms with Gasteiger partial charge >= 0.3 is 0 Å². The van der Waals surface area contributed by atoms with Crippen molar-refractivity contribution < 1.29 is 4.74 Å². The molecule has 24 heavy (non-hydrogen) atoms. The van der Waals surface area contributed by atoms with Crippen LogP contribution in [0.2, 0.25) is 0 Å². The van der Waals surface area contributed by atoms with Crippen molar-refractivity contribution >= 4 is 5.96 Å². The van der Waals surface area contributed by atoms with Crippen molar-refractivity contribution in [3.63, 3.8) is 0 Å². The number of guanidine groups is 1. The van der Waals surface area contributed by atoms with Crippen molar-refractivity contribution in [2.45, 2.75) is 19.4 Å². The van der Waals surface area contributed by atoms with Crippen LogP contribution < -0.4 is 5.32 Å². The van der Waals surface area contributed by atoms with Gasteiger partial charge in [0.25, 0.3) is 0 Å². The number of likely N-dealkylation sites (tertiary alicyclic amines) is 1. The Balaban J connectivity index is 1.72. The Morgan fingerprint density at radius 2 is 2.00 bits per heavy atom. The molecule has 1 aromatic rings. The fourth-order valence-electron chi connectivity index (χ4n) is 3.19. The topological polar surface area (TPSA) is 40.1 Å². The molecule has 0 aliphatic carbocycles. The molecule has 0 saturated carbocycles. The van der Waals surface area contributed by atoms with Gasteiger partial charge in [-0.15, -0.1) is 0 Å². The number of rotatable bonds is 7. The van der Waals surface area contributed by atoms with E-state index in [-0.39, 0.29) is 0 Å². The summed E-state index contributed by atoms with van der Waals surface area (Å²) in [5.74, 6) is 1.70. The third-order valence-corrected chi connectivity index (χ3v) is 4.70. The molecular weight excluding hydrogens is 300 g/mol. The number of piperidine rings is 1. The minimum atomic E-state index is 0.727. The maximum atomic E-state index is 5.16. The average molecular weight is 332 g/mol. The highest BCUT2D eigenvalue weighted by Crippen LogP contribution is 2.16. The number of hydrogen-bond donors (Lipinski definition) is 1. The van der Waals surface area contributed by atoms with Crippen molar-refractivity contribution in [3.8, 4) is 0 Å². The van der Waals surface area contributed by atoms with E-state index in [1.54, 1.807) is 7.11 Å². The van der Waals surface area contributed by atoms with E-state index in [1.165, 1.54) is 31.5 Å². The van der Waals surface area contributed by atoms with Crippen LogP contribution in [-0.2, 0) is 11.3 Å². The summed E-state index contributed by atoms with van der Waals surface area (Å²) in [5, 5.41) is 3.55. The predicted molar refractivity (Wildman–Crippen MR) is 100 cm³/mol. The van der Waals surface area contributed by atoms with Gasteiger partial charge in [-0.1, -0.05) is 30.3 Å². The van der Waals surface area contributed by atoms with Gasteiger partial charge in [-0.05, 0) is 37.4 Å². The van der Waals surface area contributed by atoms with Gasteiger partial charge in [0.1, 0.15) is 0 Å². The van der Waals surface area contributed by atoms with Crippen molar-refractivity contribution in [2.24, 2.45) is 10.9 Å². The lowest BCUT2D eigenvalue weighted by molar-refractivity contribution is 0.120. The monoisotopic (exact) mass is 332 g/mol. The summed E-state index contributed by atoms with van der Waals surface area (Å²) < 4.78 is 5.16. The fraction of sp³-hybridized carbons (Fsp3) is 0.632. The molecule has 0 radical (unpaired) electrons. The first-order chi connectivity index (χ1) is 11.7. The summed E-state index contributed by atoms with van der Waals surface area (Å²) in [6, 6.07) is 10.5. The first-order valence-corrected chi connectivity index (χ1v) is 8.90. The van der Waals surface area contributed by atoms with Gasteiger partial charge < -0.3 is 19.9 Å². The molecule has 2 rings (SSSR count). The van der Waals surface area contributed by atoms with Crippen LogP contribution in [-0.4, -0.2) is 69.8 Å². The van der Waals surface area contributed by atoms with E-state index in [9.17, 15) is 0 Å². The number of nitrogens with one attached hydrogen (secondary N) is 1. The van der Waals surface area contributed by atoms with Crippen molar-refractivity contribution in [3.05, 3.63) is 35.9 Å². The van der Waals surface area contributed by atoms with Crippen LogP contribution in [0, 0.1) is 5.92 Å². The number of benzene rings is 1. The van der Waals surface area contributed by atoms with E-state index in [1.807, 2.05) is 7.05 Å². The molecule has 5 nitrogen and oxygen atoms in total. The Hall–Kier alpha value is -1.59. The Morgan fingerprint density at radius 1 is 1.29 bits per heavy atom. The maximum Gasteiger partial charge on any atom is 0.193 e. The minimum absolute atomic E-state index is 0.727. The van der Waals surface area contributed by atoms with Crippen LogP contribution in [0.1, 0.15) is 18.4 Å². The summed E-state index contributed by atoms with van der Waals surface area (Å²) in [7, 11) is 5.72. The molecule has 5 heteroatoms. The lowest BCUT2D eigenvalue weighted by atomic mass is 9.97. The Labute approximate surface area is 146 Å². The highest BCUT2D eigenvalue weighted by molar-refractivity contribution is 5.79. The van der Waals surface area contributed by atoms with Gasteiger partial charge in [0, 0.05) is 40.8 Å². The first-order valence-electron chi connectivity index (χ1n) is 8.90. The fourth-order valence-corrected chi connectivity index (χ4v) is 3.19. The normalized spacial score (nSPS) is 17.0. The van der Waals surface area contributed by atoms with Crippen molar-refractivity contribution in [1.29, 1.82) is 0 Å². The maximum absolute atomic E-state index is 5.16. The lowest BCUT2D eigenvalue weighted by Gasteiger charge is -2.32. The predicted octanol–water partition coefficient (Wildman–Crippen LogP) is 2.05. The van der Waals surface area contributed by atoms with Crippen LogP contribution in [0.4, 0.5) is 0 Å². The summed E-state index contributed by atoms with van der Waals surface area (Å²) in [5.41, 5.74) is 1.30. The molecule has 1 heterocycles. The van der Waals surface area contributed by atoms with Crippen molar-refractivity contribution in [2.75, 3.05) is 54.0 Å².